The molecule has 39 heavy (non-hydrogen) atoms. The van der Waals surface area contributed by atoms with Crippen molar-refractivity contribution in [3.8, 4) is 11.1 Å². The maximum Gasteiger partial charge on any atom is 0.411 e. The summed E-state index contributed by atoms with van der Waals surface area (Å²) in [5.74, 6) is -0.0566. The summed E-state index contributed by atoms with van der Waals surface area (Å²) in [4.78, 5) is 25.3. The van der Waals surface area contributed by atoms with Crippen LogP contribution < -0.4 is 34.6 Å². The molecule has 1 heterocycles. The van der Waals surface area contributed by atoms with Gasteiger partial charge in [0.05, 0.1) is 39.5 Å². The number of hydrogen-bond acceptors (Lipinski definition) is 4. The number of nitrogens with one attached hydrogen (secondary N) is 2. The monoisotopic (exact) mass is 643 g/mol. The lowest BCUT2D eigenvalue weighted by atomic mass is 9.99. The molecule has 0 aliphatic carbocycles. The molecule has 3 aromatic carbocycles. The van der Waals surface area contributed by atoms with E-state index in [1.807, 2.05) is 48.5 Å². The Morgan fingerprint density at radius 1 is 0.923 bits per heavy atom. The molecule has 0 spiro atoms. The average Bonchev–Trinajstić information content (AvgIpc) is 2.91. The summed E-state index contributed by atoms with van der Waals surface area (Å²) in [6, 6.07) is 23.2. The van der Waals surface area contributed by atoms with Crippen LogP contribution in [0, 0.1) is 0 Å². The number of amides is 2. The molecule has 3 N–H and O–H groups in total. The summed E-state index contributed by atoms with van der Waals surface area (Å²) in [6.07, 6.45) is 2.98. The lowest BCUT2D eigenvalue weighted by molar-refractivity contribution is -0.896. The highest BCUT2D eigenvalue weighted by Crippen LogP contribution is 2.30. The fourth-order valence-corrected chi connectivity index (χ4v) is 4.74. The van der Waals surface area contributed by atoms with Crippen LogP contribution >= 0.6 is 0 Å². The van der Waals surface area contributed by atoms with Crippen LogP contribution in [0.25, 0.3) is 11.1 Å². The molecule has 1 saturated heterocycles. The van der Waals surface area contributed by atoms with E-state index in [9.17, 15) is 9.59 Å². The summed E-state index contributed by atoms with van der Waals surface area (Å²) in [7, 11) is 4.40. The number of likely N-dealkylation sites (tertiary alicyclic amines) is 1. The van der Waals surface area contributed by atoms with E-state index >= 15 is 0 Å². The third kappa shape index (κ3) is 9.33. The van der Waals surface area contributed by atoms with Gasteiger partial charge >= 0.3 is 6.09 Å². The van der Waals surface area contributed by atoms with Crippen molar-refractivity contribution in [1.29, 1.82) is 0 Å². The van der Waals surface area contributed by atoms with Crippen LogP contribution in [0.5, 0.6) is 0 Å². The second kappa shape index (κ2) is 14.4. The van der Waals surface area contributed by atoms with Crippen molar-refractivity contribution in [2.45, 2.75) is 44.8 Å². The molecule has 0 saturated carbocycles. The van der Waals surface area contributed by atoms with Gasteiger partial charge in [0.15, 0.2) is 0 Å². The number of benzene rings is 3. The molecule has 7 nitrogen and oxygen atoms in total. The number of quaternary nitrogens is 1. The minimum absolute atomic E-state index is 0. The van der Waals surface area contributed by atoms with E-state index < -0.39 is 6.09 Å². The van der Waals surface area contributed by atoms with Gasteiger partial charge in [0.2, 0.25) is 5.91 Å². The van der Waals surface area contributed by atoms with Gasteiger partial charge in [-0.15, -0.1) is 0 Å². The minimum atomic E-state index is -0.428. The van der Waals surface area contributed by atoms with Crippen molar-refractivity contribution in [1.82, 2.24) is 0 Å². The van der Waals surface area contributed by atoms with E-state index in [0.717, 1.165) is 52.7 Å². The highest BCUT2D eigenvalue weighted by atomic mass is 127. The number of hydrogen-bond donors (Lipinski definition) is 3. The summed E-state index contributed by atoms with van der Waals surface area (Å²) in [5.41, 5.74) is 5.20. The van der Waals surface area contributed by atoms with Crippen molar-refractivity contribution >= 4 is 23.4 Å². The van der Waals surface area contributed by atoms with Gasteiger partial charge in [-0.2, -0.15) is 0 Å². The van der Waals surface area contributed by atoms with Crippen molar-refractivity contribution in [2.24, 2.45) is 0 Å². The first-order valence-corrected chi connectivity index (χ1v) is 13.3. The first-order valence-electron chi connectivity index (χ1n) is 13.3. The van der Waals surface area contributed by atoms with Gasteiger partial charge in [0.1, 0.15) is 6.10 Å². The second-order valence-electron chi connectivity index (χ2n) is 10.6. The Kier molecular flexibility index (Phi) is 11.3. The standard InChI is InChI=1S/C31H37N3O4.HI/c1-34(2)19-17-27(18-20-34)38-31(37)33-29-21-23(13-16-28(29)25-8-4-3-5-9-25)7-6-10-30(36)32-26-14-11-24(22-35)12-15-26;/h3-5,8-9,11-16,21,27,35H,6-7,10,17-20,22H2,1-2H3,(H-,32,33,36,37);1H. The number of carbonyl (C=O) groups excluding carboxylic acids is 2. The number of aryl methyl sites for hydroxylation is 1. The molecule has 0 aromatic heterocycles. The number of halogens is 1. The lowest BCUT2D eigenvalue weighted by Crippen LogP contribution is -3.00. The van der Waals surface area contributed by atoms with Crippen molar-refractivity contribution < 1.29 is 47.9 Å². The predicted octanol–water partition coefficient (Wildman–Crippen LogP) is 2.60. The predicted molar refractivity (Wildman–Crippen MR) is 151 cm³/mol. The van der Waals surface area contributed by atoms with Crippen LogP contribution in [-0.2, 0) is 22.6 Å². The summed E-state index contributed by atoms with van der Waals surface area (Å²) >= 11 is 0. The van der Waals surface area contributed by atoms with E-state index in [1.165, 1.54) is 0 Å². The molecule has 2 amide bonds. The molecule has 1 aliphatic heterocycles. The Labute approximate surface area is 248 Å². The normalized spacial score (nSPS) is 14.6. The third-order valence-corrected chi connectivity index (χ3v) is 7.08. The van der Waals surface area contributed by atoms with Gasteiger partial charge in [-0.05, 0) is 47.7 Å². The third-order valence-electron chi connectivity index (χ3n) is 7.08. The number of carbonyl (C=O) groups is 2. The lowest BCUT2D eigenvalue weighted by Gasteiger charge is -2.36. The molecular weight excluding hydrogens is 605 g/mol. The number of rotatable bonds is 9. The van der Waals surface area contributed by atoms with E-state index in [2.05, 4.69) is 24.7 Å². The highest BCUT2D eigenvalue weighted by molar-refractivity contribution is 5.92. The Balaban J connectivity index is 0.00000420. The number of ether oxygens (including phenoxy) is 1. The number of anilines is 2. The number of aliphatic hydroxyl groups excluding tert-OH is 1. The number of nitrogens with zero attached hydrogens (tertiary/aromatic N) is 1. The SMILES string of the molecule is C[N+]1(C)CCC(OC(=O)Nc2cc(CCCC(=O)Nc3ccc(CO)cc3)ccc2-c2ccccc2)CC1.[I-]. The largest absolute Gasteiger partial charge is 1.00 e. The van der Waals surface area contributed by atoms with Crippen LogP contribution in [-0.4, -0.2) is 54.9 Å². The van der Waals surface area contributed by atoms with E-state index in [0.29, 0.717) is 30.6 Å². The summed E-state index contributed by atoms with van der Waals surface area (Å²) < 4.78 is 6.73. The van der Waals surface area contributed by atoms with Crippen LogP contribution in [0.2, 0.25) is 0 Å². The maximum atomic E-state index is 12.8. The van der Waals surface area contributed by atoms with Crippen LogP contribution in [0.3, 0.4) is 0 Å². The minimum Gasteiger partial charge on any atom is -1.00 e. The van der Waals surface area contributed by atoms with Crippen molar-refractivity contribution in [3.63, 3.8) is 0 Å². The molecular formula is C31H38IN3O4. The highest BCUT2D eigenvalue weighted by Gasteiger charge is 2.28. The van der Waals surface area contributed by atoms with Gasteiger partial charge in [0, 0.05) is 30.5 Å². The van der Waals surface area contributed by atoms with Gasteiger partial charge in [-0.25, -0.2) is 4.79 Å². The molecule has 208 valence electrons. The van der Waals surface area contributed by atoms with E-state index in [4.69, 9.17) is 9.84 Å². The summed E-state index contributed by atoms with van der Waals surface area (Å²) in [5, 5.41) is 15.0. The van der Waals surface area contributed by atoms with Gasteiger partial charge in [-0.3, -0.25) is 10.1 Å². The molecule has 0 unspecified atom stereocenters. The zero-order chi connectivity index (χ0) is 27.0. The average molecular weight is 644 g/mol. The molecule has 1 aliphatic rings. The van der Waals surface area contributed by atoms with Crippen LogP contribution in [0.1, 0.15) is 36.8 Å². The number of piperidine rings is 1. The van der Waals surface area contributed by atoms with Gasteiger partial charge in [0.25, 0.3) is 0 Å². The van der Waals surface area contributed by atoms with Crippen LogP contribution in [0.15, 0.2) is 72.8 Å². The zero-order valence-electron chi connectivity index (χ0n) is 22.7. The summed E-state index contributed by atoms with van der Waals surface area (Å²) in [6.45, 7) is 1.96. The van der Waals surface area contributed by atoms with Gasteiger partial charge < -0.3 is 43.6 Å². The van der Waals surface area contributed by atoms with E-state index in [-0.39, 0.29) is 42.6 Å². The zero-order valence-corrected chi connectivity index (χ0v) is 24.8. The molecule has 0 bridgehead atoms. The fourth-order valence-electron chi connectivity index (χ4n) is 4.74. The molecule has 8 heteroatoms. The number of aliphatic hydroxyl groups is 1. The second-order valence-corrected chi connectivity index (χ2v) is 10.6. The molecule has 0 atom stereocenters. The Morgan fingerprint density at radius 3 is 2.26 bits per heavy atom. The Bertz CT molecular complexity index is 1220. The Hall–Kier alpha value is -2.95. The molecule has 3 aromatic rings. The Morgan fingerprint density at radius 2 is 1.59 bits per heavy atom. The van der Waals surface area contributed by atoms with Crippen molar-refractivity contribution in [2.75, 3.05) is 37.8 Å². The molecule has 1 fully saturated rings. The molecule has 0 radical (unpaired) electrons. The van der Waals surface area contributed by atoms with Crippen LogP contribution in [0.4, 0.5) is 16.2 Å². The topological polar surface area (TPSA) is 87.7 Å². The first kappa shape index (κ1) is 30.6. The first-order chi connectivity index (χ1) is 18.3. The maximum absolute atomic E-state index is 12.8. The van der Waals surface area contributed by atoms with E-state index in [1.54, 1.807) is 24.3 Å². The fraction of sp³-hybridized carbons (Fsp3) is 0.355. The molecule has 4 rings (SSSR count). The quantitative estimate of drug-likeness (QED) is 0.247. The smallest absolute Gasteiger partial charge is 0.411 e. The van der Waals surface area contributed by atoms with Gasteiger partial charge in [-0.1, -0.05) is 54.6 Å². The van der Waals surface area contributed by atoms with Crippen molar-refractivity contribution in [3.05, 3.63) is 83.9 Å².